The first kappa shape index (κ1) is 16.3. The molecule has 0 aliphatic carbocycles. The molecule has 1 aromatic rings. The van der Waals surface area contributed by atoms with Crippen molar-refractivity contribution >= 4 is 5.96 Å². The molecule has 2 aliphatic heterocycles. The molecule has 2 fully saturated rings. The lowest BCUT2D eigenvalue weighted by Gasteiger charge is -2.25. The Labute approximate surface area is 138 Å². The molecular formula is C17H29N5O. The van der Waals surface area contributed by atoms with Crippen LogP contribution >= 0.6 is 0 Å². The van der Waals surface area contributed by atoms with E-state index in [1.165, 1.54) is 24.1 Å². The van der Waals surface area contributed by atoms with Crippen molar-refractivity contribution in [2.24, 2.45) is 17.5 Å². The van der Waals surface area contributed by atoms with E-state index in [0.717, 1.165) is 50.9 Å². The Hall–Kier alpha value is -1.56. The van der Waals surface area contributed by atoms with Crippen molar-refractivity contribution in [1.29, 1.82) is 0 Å². The quantitative estimate of drug-likeness (QED) is 0.673. The van der Waals surface area contributed by atoms with Gasteiger partial charge in [0, 0.05) is 51.4 Å². The number of rotatable bonds is 3. The molecule has 2 saturated heterocycles. The predicted molar refractivity (Wildman–Crippen MR) is 91.8 cm³/mol. The number of hydrogen-bond acceptors (Lipinski definition) is 3. The van der Waals surface area contributed by atoms with E-state index in [4.69, 9.17) is 4.74 Å². The van der Waals surface area contributed by atoms with Crippen molar-refractivity contribution in [2.75, 3.05) is 39.9 Å². The van der Waals surface area contributed by atoms with Crippen molar-refractivity contribution in [3.05, 3.63) is 17.0 Å². The molecule has 3 rings (SSSR count). The molecule has 6 nitrogen and oxygen atoms in total. The van der Waals surface area contributed by atoms with E-state index in [1.54, 1.807) is 0 Å². The highest BCUT2D eigenvalue weighted by molar-refractivity contribution is 5.80. The summed E-state index contributed by atoms with van der Waals surface area (Å²) in [6.45, 7) is 9.08. The van der Waals surface area contributed by atoms with Crippen LogP contribution in [0.25, 0.3) is 0 Å². The minimum Gasteiger partial charge on any atom is -0.381 e. The van der Waals surface area contributed by atoms with Gasteiger partial charge in [-0.25, -0.2) is 0 Å². The molecule has 0 aromatic carbocycles. The second kappa shape index (κ2) is 6.51. The fourth-order valence-corrected chi connectivity index (χ4v) is 3.90. The number of likely N-dealkylation sites (tertiary alicyclic amines) is 1. The van der Waals surface area contributed by atoms with Crippen LogP contribution in [0.5, 0.6) is 0 Å². The minimum absolute atomic E-state index is 0.369. The van der Waals surface area contributed by atoms with E-state index < -0.39 is 0 Å². The Morgan fingerprint density at radius 2 is 2.22 bits per heavy atom. The Morgan fingerprint density at radius 1 is 1.39 bits per heavy atom. The minimum atomic E-state index is 0.369. The lowest BCUT2D eigenvalue weighted by atomic mass is 9.87. The number of guanidine groups is 1. The van der Waals surface area contributed by atoms with Gasteiger partial charge in [-0.1, -0.05) is 0 Å². The van der Waals surface area contributed by atoms with Crippen LogP contribution in [0.1, 0.15) is 29.8 Å². The van der Waals surface area contributed by atoms with E-state index in [2.05, 4.69) is 34.2 Å². The van der Waals surface area contributed by atoms with Gasteiger partial charge in [0.15, 0.2) is 5.96 Å². The first-order valence-corrected chi connectivity index (χ1v) is 8.57. The molecule has 3 heterocycles. The Bertz CT molecular complexity index is 586. The number of aryl methyl sites for hydroxylation is 2. The standard InChI is InChI=1S/C17H29N5O/c1-13-15(14(2)21(4)20-13)5-8-19-16(18-3)22-9-6-17(11-22)7-10-23-12-17/h5-12H2,1-4H3,(H,18,19). The molecular weight excluding hydrogens is 290 g/mol. The molecule has 128 valence electrons. The molecule has 2 aliphatic rings. The summed E-state index contributed by atoms with van der Waals surface area (Å²) in [5.41, 5.74) is 4.10. The second-order valence-electron chi connectivity index (χ2n) is 6.97. The summed E-state index contributed by atoms with van der Waals surface area (Å²) < 4.78 is 7.58. The zero-order valence-electron chi connectivity index (χ0n) is 14.9. The molecule has 1 N–H and O–H groups in total. The molecule has 0 bridgehead atoms. The fraction of sp³-hybridized carbons (Fsp3) is 0.765. The van der Waals surface area contributed by atoms with Gasteiger partial charge in [0.1, 0.15) is 0 Å². The third-order valence-corrected chi connectivity index (χ3v) is 5.45. The van der Waals surface area contributed by atoms with Gasteiger partial charge in [0.2, 0.25) is 0 Å². The molecule has 0 saturated carbocycles. The van der Waals surface area contributed by atoms with E-state index in [-0.39, 0.29) is 0 Å². The van der Waals surface area contributed by atoms with Gasteiger partial charge in [-0.15, -0.1) is 0 Å². The van der Waals surface area contributed by atoms with Gasteiger partial charge in [-0.2, -0.15) is 5.10 Å². The Morgan fingerprint density at radius 3 is 2.83 bits per heavy atom. The largest absolute Gasteiger partial charge is 0.381 e. The number of nitrogens with one attached hydrogen (secondary N) is 1. The smallest absolute Gasteiger partial charge is 0.193 e. The zero-order valence-corrected chi connectivity index (χ0v) is 14.9. The average Bonchev–Trinajstić information content (AvgIpc) is 3.22. The molecule has 1 unspecified atom stereocenters. The van der Waals surface area contributed by atoms with Crippen molar-refractivity contribution < 1.29 is 4.74 Å². The molecule has 23 heavy (non-hydrogen) atoms. The van der Waals surface area contributed by atoms with Crippen LogP contribution in [-0.4, -0.2) is 60.5 Å². The van der Waals surface area contributed by atoms with Crippen molar-refractivity contribution in [3.63, 3.8) is 0 Å². The lowest BCUT2D eigenvalue weighted by molar-refractivity contribution is 0.156. The topological polar surface area (TPSA) is 54.7 Å². The van der Waals surface area contributed by atoms with Crippen molar-refractivity contribution in [2.45, 2.75) is 33.1 Å². The zero-order chi connectivity index (χ0) is 16.4. The summed E-state index contributed by atoms with van der Waals surface area (Å²) in [6.07, 6.45) is 3.38. The van der Waals surface area contributed by atoms with E-state index >= 15 is 0 Å². The van der Waals surface area contributed by atoms with Gasteiger partial charge in [0.05, 0.1) is 12.3 Å². The van der Waals surface area contributed by atoms with Gasteiger partial charge in [-0.05, 0) is 38.7 Å². The number of aromatic nitrogens is 2. The molecule has 0 radical (unpaired) electrons. The third kappa shape index (κ3) is 3.22. The van der Waals surface area contributed by atoms with Gasteiger partial charge < -0.3 is 15.0 Å². The van der Waals surface area contributed by atoms with Crippen LogP contribution in [0.4, 0.5) is 0 Å². The summed E-state index contributed by atoms with van der Waals surface area (Å²) in [5, 5.41) is 8.02. The summed E-state index contributed by atoms with van der Waals surface area (Å²) in [7, 11) is 3.88. The number of aliphatic imine (C=N–C) groups is 1. The van der Waals surface area contributed by atoms with Crippen LogP contribution in [0, 0.1) is 19.3 Å². The first-order valence-electron chi connectivity index (χ1n) is 8.57. The predicted octanol–water partition coefficient (Wildman–Crippen LogP) is 1.27. The lowest BCUT2D eigenvalue weighted by Crippen LogP contribution is -2.42. The number of ether oxygens (including phenoxy) is 1. The van der Waals surface area contributed by atoms with Crippen molar-refractivity contribution in [1.82, 2.24) is 20.0 Å². The highest BCUT2D eigenvalue weighted by atomic mass is 16.5. The van der Waals surface area contributed by atoms with Gasteiger partial charge >= 0.3 is 0 Å². The Balaban J connectivity index is 1.54. The van der Waals surface area contributed by atoms with Crippen LogP contribution in [0.3, 0.4) is 0 Å². The first-order chi connectivity index (χ1) is 11.0. The van der Waals surface area contributed by atoms with Crippen LogP contribution in [-0.2, 0) is 18.2 Å². The Kier molecular flexibility index (Phi) is 4.62. The number of nitrogens with zero attached hydrogens (tertiary/aromatic N) is 4. The van der Waals surface area contributed by atoms with E-state index in [0.29, 0.717) is 5.41 Å². The van der Waals surface area contributed by atoms with Crippen LogP contribution in [0.2, 0.25) is 0 Å². The molecule has 1 aromatic heterocycles. The molecule has 0 amide bonds. The normalized spacial score (nSPS) is 24.9. The maximum Gasteiger partial charge on any atom is 0.193 e. The monoisotopic (exact) mass is 319 g/mol. The summed E-state index contributed by atoms with van der Waals surface area (Å²) in [4.78, 5) is 6.86. The van der Waals surface area contributed by atoms with Crippen LogP contribution in [0.15, 0.2) is 4.99 Å². The average molecular weight is 319 g/mol. The highest BCUT2D eigenvalue weighted by Gasteiger charge is 2.42. The van der Waals surface area contributed by atoms with E-state index in [9.17, 15) is 0 Å². The third-order valence-electron chi connectivity index (χ3n) is 5.45. The van der Waals surface area contributed by atoms with Gasteiger partial charge in [0.25, 0.3) is 0 Å². The second-order valence-corrected chi connectivity index (χ2v) is 6.97. The highest BCUT2D eigenvalue weighted by Crippen LogP contribution is 2.38. The molecule has 1 spiro atoms. The van der Waals surface area contributed by atoms with Crippen molar-refractivity contribution in [3.8, 4) is 0 Å². The maximum atomic E-state index is 5.62. The molecule has 1 atom stereocenters. The van der Waals surface area contributed by atoms with E-state index in [1.807, 2.05) is 18.8 Å². The summed E-state index contributed by atoms with van der Waals surface area (Å²) >= 11 is 0. The summed E-state index contributed by atoms with van der Waals surface area (Å²) in [5.74, 6) is 1.02. The van der Waals surface area contributed by atoms with Crippen LogP contribution < -0.4 is 5.32 Å². The summed E-state index contributed by atoms with van der Waals surface area (Å²) in [6, 6.07) is 0. The SMILES string of the molecule is CN=C(NCCc1c(C)nn(C)c1C)N1CCC2(CCOC2)C1. The molecule has 6 heteroatoms. The maximum absolute atomic E-state index is 5.62. The number of hydrogen-bond donors (Lipinski definition) is 1. The fourth-order valence-electron chi connectivity index (χ4n) is 3.90. The van der Waals surface area contributed by atoms with Gasteiger partial charge in [-0.3, -0.25) is 9.67 Å².